The van der Waals surface area contributed by atoms with Gasteiger partial charge in [0.25, 0.3) is 0 Å². The van der Waals surface area contributed by atoms with Crippen LogP contribution < -0.4 is 5.32 Å². The highest BCUT2D eigenvalue weighted by Gasteiger charge is 2.51. The summed E-state index contributed by atoms with van der Waals surface area (Å²) in [6.45, 7) is 2.78. The van der Waals surface area contributed by atoms with Gasteiger partial charge in [-0.05, 0) is 89.9 Å². The minimum absolute atomic E-state index is 0.215. The van der Waals surface area contributed by atoms with Gasteiger partial charge in [-0.1, -0.05) is 379 Å². The summed E-state index contributed by atoms with van der Waals surface area (Å²) < 4.78 is 23.0. The van der Waals surface area contributed by atoms with Crippen LogP contribution in [0.4, 0.5) is 0 Å². The van der Waals surface area contributed by atoms with E-state index >= 15 is 0 Å². The average molecular weight is 1480 g/mol. The Morgan fingerprint density at radius 2 is 0.657 bits per heavy atom. The number of ether oxygens (including phenoxy) is 4. The van der Waals surface area contributed by atoms with E-state index in [0.29, 0.717) is 12.8 Å². The molecule has 9 N–H and O–H groups in total. The number of aliphatic hydroxyl groups is 8. The first-order valence-electron chi connectivity index (χ1n) is 43.3. The largest absolute Gasteiger partial charge is 0.394 e. The van der Waals surface area contributed by atoms with Gasteiger partial charge in [-0.25, -0.2) is 0 Å². The molecule has 14 heteroatoms. The number of amides is 1. The summed E-state index contributed by atoms with van der Waals surface area (Å²) in [5.41, 5.74) is 0. The predicted molar refractivity (Wildman–Crippen MR) is 438 cm³/mol. The maximum absolute atomic E-state index is 13.4. The van der Waals surface area contributed by atoms with Gasteiger partial charge < -0.3 is 65.1 Å². The second kappa shape index (κ2) is 73.2. The highest BCUT2D eigenvalue weighted by Crippen LogP contribution is 2.30. The Hall–Kier alpha value is -3.61. The summed E-state index contributed by atoms with van der Waals surface area (Å²) in [5.74, 6) is -0.215. The fourth-order valence-corrected chi connectivity index (χ4v) is 13.7. The molecule has 0 spiro atoms. The van der Waals surface area contributed by atoms with E-state index < -0.39 is 86.8 Å². The van der Waals surface area contributed by atoms with Crippen molar-refractivity contribution in [2.45, 2.75) is 428 Å². The van der Waals surface area contributed by atoms with Crippen LogP contribution >= 0.6 is 0 Å². The fourth-order valence-electron chi connectivity index (χ4n) is 13.7. The maximum atomic E-state index is 13.4. The molecule has 2 aliphatic rings. The van der Waals surface area contributed by atoms with Crippen LogP contribution in [0, 0.1) is 0 Å². The van der Waals surface area contributed by atoms with Crippen molar-refractivity contribution in [2.75, 3.05) is 19.8 Å². The van der Waals surface area contributed by atoms with Crippen LogP contribution in [0.15, 0.2) is 122 Å². The Balaban J connectivity index is 1.60. The van der Waals surface area contributed by atoms with Crippen molar-refractivity contribution in [3.8, 4) is 0 Å². The van der Waals surface area contributed by atoms with Crippen molar-refractivity contribution in [3.05, 3.63) is 122 Å². The van der Waals surface area contributed by atoms with E-state index in [1.165, 1.54) is 205 Å². The molecule has 2 heterocycles. The number of hydrogen-bond donors (Lipinski definition) is 9. The lowest BCUT2D eigenvalue weighted by molar-refractivity contribution is -0.359. The second-order valence-corrected chi connectivity index (χ2v) is 29.9. The standard InChI is InChI=1S/C91H159NO13/c1-3-5-7-9-11-13-15-17-19-21-23-25-27-29-31-33-35-37-38-39-40-41-42-43-45-47-49-51-53-55-57-59-61-63-65-67-69-71-73-75-83(96)92-79(78-102-90-88(101)86(99)89(82(77-94)104-90)105-91-87(100)85(98)84(97)81(76-93)103-91)80(95)74-72-70-68-66-64-62-60-58-56-54-52-50-48-46-44-36-34-32-30-28-26-24-22-20-18-16-14-12-10-8-6-4-2/h5,7,11,13,17,19,23,25,29,31,35,37,39-40,42-43,47,49,53,55,79-82,84-91,93-95,97-101H,3-4,6,8-10,12,14-16,18,20-22,24,26-28,30,32-34,36,38,41,44-46,48,50-52,54,56-78H2,1-2H3,(H,92,96)/b7-5-,13-11-,19-17-,25-23-,31-29-,37-35-,40-39-,43-42-,49-47-,55-53-. The topological polar surface area (TPSA) is 228 Å². The summed E-state index contributed by atoms with van der Waals surface area (Å²) in [6, 6.07) is -0.844. The van der Waals surface area contributed by atoms with Gasteiger partial charge >= 0.3 is 0 Å². The zero-order chi connectivity index (χ0) is 75.8. The Kier molecular flexibility index (Phi) is 68.0. The molecule has 0 aromatic carbocycles. The van der Waals surface area contributed by atoms with Crippen molar-refractivity contribution >= 4 is 5.91 Å². The number of nitrogens with one attached hydrogen (secondary N) is 1. The van der Waals surface area contributed by atoms with Crippen LogP contribution in [0.2, 0.25) is 0 Å². The SMILES string of the molecule is CC/C=C\C/C=C\C/C=C\C/C=C\C/C=C\C/C=C\C/C=C\C/C=C\C/C=C\C/C=C\CCCCCCCCCCC(=O)NC(COC1OC(CO)C(OC2OC(CO)C(O)C(O)C2O)C(O)C1O)C(O)CCCCCCCCCCCCCCCCCCCCCCCCCCCCCCCCCC. The van der Waals surface area contributed by atoms with Crippen molar-refractivity contribution in [3.63, 3.8) is 0 Å². The smallest absolute Gasteiger partial charge is 0.220 e. The van der Waals surface area contributed by atoms with E-state index in [1.54, 1.807) is 0 Å². The van der Waals surface area contributed by atoms with Gasteiger partial charge in [-0.3, -0.25) is 4.79 Å². The van der Waals surface area contributed by atoms with E-state index in [4.69, 9.17) is 18.9 Å². The zero-order valence-electron chi connectivity index (χ0n) is 66.7. The third-order valence-electron chi connectivity index (χ3n) is 20.4. The van der Waals surface area contributed by atoms with Crippen LogP contribution in [0.25, 0.3) is 0 Å². The molecular formula is C91H159NO13. The Labute approximate surface area is 641 Å². The van der Waals surface area contributed by atoms with Gasteiger partial charge in [-0.2, -0.15) is 0 Å². The molecule has 0 aliphatic carbocycles. The van der Waals surface area contributed by atoms with Crippen LogP contribution in [0.1, 0.15) is 354 Å². The minimum atomic E-state index is -1.79. The van der Waals surface area contributed by atoms with Gasteiger partial charge in [0.15, 0.2) is 12.6 Å². The molecule has 1 amide bonds. The first-order valence-corrected chi connectivity index (χ1v) is 43.3. The molecule has 0 saturated carbocycles. The first kappa shape index (κ1) is 97.5. The normalized spacial score (nSPS) is 22.0. The Morgan fingerprint density at radius 3 is 1.01 bits per heavy atom. The molecule has 0 aromatic heterocycles. The molecule has 0 bridgehead atoms. The fraction of sp³-hybridized carbons (Fsp3) is 0.769. The lowest BCUT2D eigenvalue weighted by atomic mass is 9.97. The predicted octanol–water partition coefficient (Wildman–Crippen LogP) is 20.7. The Bertz CT molecular complexity index is 2240. The molecule has 12 atom stereocenters. The monoisotopic (exact) mass is 1470 g/mol. The van der Waals surface area contributed by atoms with Crippen LogP contribution in [0.5, 0.6) is 0 Å². The third-order valence-corrected chi connectivity index (χ3v) is 20.4. The quantitative estimate of drug-likeness (QED) is 0.0204. The lowest BCUT2D eigenvalue weighted by Crippen LogP contribution is -2.65. The Morgan fingerprint density at radius 1 is 0.352 bits per heavy atom. The number of allylic oxidation sites excluding steroid dienone is 20. The molecule has 0 radical (unpaired) electrons. The van der Waals surface area contributed by atoms with Crippen molar-refractivity contribution in [2.24, 2.45) is 0 Å². The van der Waals surface area contributed by atoms with Crippen molar-refractivity contribution < 1.29 is 64.6 Å². The summed E-state index contributed by atoms with van der Waals surface area (Å²) in [4.78, 5) is 13.4. The van der Waals surface area contributed by atoms with E-state index in [1.807, 2.05) is 0 Å². The molecule has 2 rings (SSSR count). The van der Waals surface area contributed by atoms with Crippen LogP contribution in [-0.4, -0.2) is 140 Å². The summed E-state index contributed by atoms with van der Waals surface area (Å²) in [5, 5.41) is 88.0. The highest BCUT2D eigenvalue weighted by molar-refractivity contribution is 5.76. The van der Waals surface area contributed by atoms with E-state index in [9.17, 15) is 45.6 Å². The van der Waals surface area contributed by atoms with Crippen molar-refractivity contribution in [1.82, 2.24) is 5.32 Å². The van der Waals surface area contributed by atoms with E-state index in [0.717, 1.165) is 116 Å². The molecule has 0 aromatic rings. The number of rotatable bonds is 72. The molecule has 105 heavy (non-hydrogen) atoms. The molecule has 2 saturated heterocycles. The summed E-state index contributed by atoms with van der Waals surface area (Å²) in [6.07, 6.45) is 91.0. The van der Waals surface area contributed by atoms with Gasteiger partial charge in [0.05, 0.1) is 32.0 Å². The highest BCUT2D eigenvalue weighted by atomic mass is 16.7. The first-order chi connectivity index (χ1) is 51.6. The second-order valence-electron chi connectivity index (χ2n) is 29.9. The van der Waals surface area contributed by atoms with Crippen molar-refractivity contribution in [1.29, 1.82) is 0 Å². The lowest BCUT2D eigenvalue weighted by Gasteiger charge is -2.46. The van der Waals surface area contributed by atoms with Crippen LogP contribution in [-0.2, 0) is 23.7 Å². The molecule has 14 nitrogen and oxygen atoms in total. The average Bonchev–Trinajstić information content (AvgIpc) is 0.789. The van der Waals surface area contributed by atoms with Gasteiger partial charge in [0, 0.05) is 6.42 Å². The number of unbranched alkanes of at least 4 members (excludes halogenated alkanes) is 39. The summed E-state index contributed by atoms with van der Waals surface area (Å²) >= 11 is 0. The number of carbonyl (C=O) groups is 1. The minimum Gasteiger partial charge on any atom is -0.394 e. The number of aliphatic hydroxyl groups excluding tert-OH is 8. The van der Waals surface area contributed by atoms with Gasteiger partial charge in [0.1, 0.15) is 48.8 Å². The van der Waals surface area contributed by atoms with Gasteiger partial charge in [-0.15, -0.1) is 0 Å². The summed E-state index contributed by atoms with van der Waals surface area (Å²) in [7, 11) is 0. The molecule has 12 unspecified atom stereocenters. The third kappa shape index (κ3) is 55.4. The van der Waals surface area contributed by atoms with E-state index in [2.05, 4.69) is 141 Å². The molecule has 606 valence electrons. The molecule has 2 fully saturated rings. The number of carbonyl (C=O) groups excluding carboxylic acids is 1. The van der Waals surface area contributed by atoms with Gasteiger partial charge in [0.2, 0.25) is 5.91 Å². The maximum Gasteiger partial charge on any atom is 0.220 e. The number of hydrogen-bond acceptors (Lipinski definition) is 13. The molecule has 2 aliphatic heterocycles. The zero-order valence-corrected chi connectivity index (χ0v) is 66.7. The molecular weight excluding hydrogens is 1310 g/mol. The van der Waals surface area contributed by atoms with E-state index in [-0.39, 0.29) is 18.9 Å². The van der Waals surface area contributed by atoms with Crippen LogP contribution in [0.3, 0.4) is 0 Å².